The van der Waals surface area contributed by atoms with Gasteiger partial charge in [-0.2, -0.15) is 11.8 Å². The minimum absolute atomic E-state index is 0.558. The zero-order chi connectivity index (χ0) is 11.5. The van der Waals surface area contributed by atoms with Gasteiger partial charge in [0.2, 0.25) is 0 Å². The van der Waals surface area contributed by atoms with Gasteiger partial charge in [-0.25, -0.2) is 0 Å². The van der Waals surface area contributed by atoms with Crippen LogP contribution in [-0.4, -0.2) is 24.1 Å². The van der Waals surface area contributed by atoms with Crippen LogP contribution in [0.5, 0.6) is 0 Å². The van der Waals surface area contributed by atoms with Crippen LogP contribution in [0.4, 0.5) is 0 Å². The van der Waals surface area contributed by atoms with Crippen LogP contribution in [0.1, 0.15) is 47.0 Å². The van der Waals surface area contributed by atoms with E-state index in [1.54, 1.807) is 0 Å². The summed E-state index contributed by atoms with van der Waals surface area (Å²) in [6.07, 6.45) is 6.22. The lowest BCUT2D eigenvalue weighted by molar-refractivity contribution is 0.362. The highest BCUT2D eigenvalue weighted by molar-refractivity contribution is 7.99. The SMILES string of the molecule is CSC(C)CCNC1CC(C)(C)CC1C. The van der Waals surface area contributed by atoms with E-state index in [0.29, 0.717) is 5.41 Å². The average Bonchev–Trinajstić information content (AvgIpc) is 2.39. The molecule has 0 bridgehead atoms. The van der Waals surface area contributed by atoms with E-state index in [0.717, 1.165) is 17.2 Å². The van der Waals surface area contributed by atoms with Gasteiger partial charge in [0.05, 0.1) is 0 Å². The van der Waals surface area contributed by atoms with Crippen molar-refractivity contribution in [2.75, 3.05) is 12.8 Å². The van der Waals surface area contributed by atoms with Crippen molar-refractivity contribution in [2.24, 2.45) is 11.3 Å². The minimum Gasteiger partial charge on any atom is -0.314 e. The van der Waals surface area contributed by atoms with Crippen molar-refractivity contribution in [3.8, 4) is 0 Å². The normalized spacial score (nSPS) is 31.8. The smallest absolute Gasteiger partial charge is 0.00979 e. The molecular weight excluding hydrogens is 202 g/mol. The summed E-state index contributed by atoms with van der Waals surface area (Å²) in [7, 11) is 0. The number of hydrogen-bond donors (Lipinski definition) is 1. The molecule has 90 valence electrons. The number of rotatable bonds is 5. The second-order valence-corrected chi connectivity index (χ2v) is 7.22. The summed E-state index contributed by atoms with van der Waals surface area (Å²) in [5, 5.41) is 4.53. The molecule has 1 aliphatic rings. The highest BCUT2D eigenvalue weighted by Crippen LogP contribution is 2.40. The molecule has 0 heterocycles. The Bertz CT molecular complexity index is 191. The molecule has 0 saturated heterocycles. The summed E-state index contributed by atoms with van der Waals surface area (Å²) < 4.78 is 0. The highest BCUT2D eigenvalue weighted by atomic mass is 32.2. The summed E-state index contributed by atoms with van der Waals surface area (Å²) in [6.45, 7) is 10.7. The van der Waals surface area contributed by atoms with Crippen molar-refractivity contribution in [3.63, 3.8) is 0 Å². The molecule has 0 radical (unpaired) electrons. The summed E-state index contributed by atoms with van der Waals surface area (Å²) in [5.74, 6) is 0.851. The first-order chi connectivity index (χ1) is 6.94. The first kappa shape index (κ1) is 13.4. The van der Waals surface area contributed by atoms with Crippen LogP contribution in [-0.2, 0) is 0 Å². The molecule has 1 fully saturated rings. The molecule has 0 aromatic rings. The third-order valence-electron chi connectivity index (χ3n) is 3.69. The summed E-state index contributed by atoms with van der Waals surface area (Å²) in [5.41, 5.74) is 0.558. The van der Waals surface area contributed by atoms with Crippen molar-refractivity contribution >= 4 is 11.8 Å². The number of nitrogens with one attached hydrogen (secondary N) is 1. The third-order valence-corrected chi connectivity index (χ3v) is 4.73. The fourth-order valence-corrected chi connectivity index (χ4v) is 3.11. The molecule has 0 aromatic heterocycles. The van der Waals surface area contributed by atoms with E-state index in [1.807, 2.05) is 11.8 Å². The molecule has 0 spiro atoms. The number of thioether (sulfide) groups is 1. The van der Waals surface area contributed by atoms with Gasteiger partial charge in [0.15, 0.2) is 0 Å². The molecule has 0 aromatic carbocycles. The molecule has 1 rings (SSSR count). The van der Waals surface area contributed by atoms with E-state index in [9.17, 15) is 0 Å². The number of hydrogen-bond acceptors (Lipinski definition) is 2. The Kier molecular flexibility index (Phi) is 4.98. The van der Waals surface area contributed by atoms with E-state index in [2.05, 4.69) is 39.3 Å². The van der Waals surface area contributed by atoms with Gasteiger partial charge in [-0.3, -0.25) is 0 Å². The lowest BCUT2D eigenvalue weighted by Gasteiger charge is -2.19. The topological polar surface area (TPSA) is 12.0 Å². The maximum Gasteiger partial charge on any atom is 0.00979 e. The molecular formula is C13H27NS. The second-order valence-electron chi connectivity index (χ2n) is 5.95. The van der Waals surface area contributed by atoms with E-state index < -0.39 is 0 Å². The second kappa shape index (κ2) is 5.58. The van der Waals surface area contributed by atoms with E-state index in [1.165, 1.54) is 25.8 Å². The van der Waals surface area contributed by atoms with Crippen LogP contribution >= 0.6 is 11.8 Å². The molecule has 0 amide bonds. The molecule has 1 nitrogen and oxygen atoms in total. The Morgan fingerprint density at radius 1 is 1.40 bits per heavy atom. The summed E-state index contributed by atoms with van der Waals surface area (Å²) in [6, 6.07) is 0.758. The van der Waals surface area contributed by atoms with Gasteiger partial charge in [-0.05, 0) is 43.4 Å². The lowest BCUT2D eigenvalue weighted by Crippen LogP contribution is -2.33. The summed E-state index contributed by atoms with van der Waals surface area (Å²) >= 11 is 1.97. The van der Waals surface area contributed by atoms with Crippen LogP contribution in [0.15, 0.2) is 0 Å². The van der Waals surface area contributed by atoms with Crippen molar-refractivity contribution < 1.29 is 0 Å². The van der Waals surface area contributed by atoms with Crippen molar-refractivity contribution in [2.45, 2.75) is 58.2 Å². The predicted octanol–water partition coefficient (Wildman–Crippen LogP) is 3.54. The standard InChI is InChI=1S/C13H27NS/c1-10-8-13(3,4)9-12(10)14-7-6-11(2)15-5/h10-12,14H,6-9H2,1-5H3. The van der Waals surface area contributed by atoms with Crippen molar-refractivity contribution in [3.05, 3.63) is 0 Å². The first-order valence-electron chi connectivity index (χ1n) is 6.21. The van der Waals surface area contributed by atoms with Gasteiger partial charge in [-0.15, -0.1) is 0 Å². The average molecular weight is 229 g/mol. The van der Waals surface area contributed by atoms with Gasteiger partial charge in [0, 0.05) is 11.3 Å². The Morgan fingerprint density at radius 3 is 2.53 bits per heavy atom. The van der Waals surface area contributed by atoms with E-state index in [-0.39, 0.29) is 0 Å². The van der Waals surface area contributed by atoms with Gasteiger partial charge >= 0.3 is 0 Å². The lowest BCUT2D eigenvalue weighted by atomic mass is 9.91. The molecule has 3 unspecified atom stereocenters. The summed E-state index contributed by atoms with van der Waals surface area (Å²) in [4.78, 5) is 0. The largest absolute Gasteiger partial charge is 0.314 e. The van der Waals surface area contributed by atoms with Gasteiger partial charge < -0.3 is 5.32 Å². The molecule has 3 atom stereocenters. The molecule has 15 heavy (non-hydrogen) atoms. The van der Waals surface area contributed by atoms with Gasteiger partial charge in [0.1, 0.15) is 0 Å². The van der Waals surface area contributed by atoms with Crippen LogP contribution < -0.4 is 5.32 Å². The fraction of sp³-hybridized carbons (Fsp3) is 1.00. The maximum absolute atomic E-state index is 3.74. The van der Waals surface area contributed by atoms with Crippen LogP contribution in [0, 0.1) is 11.3 Å². The van der Waals surface area contributed by atoms with Crippen LogP contribution in [0.25, 0.3) is 0 Å². The zero-order valence-electron chi connectivity index (χ0n) is 11.0. The quantitative estimate of drug-likeness (QED) is 0.774. The minimum atomic E-state index is 0.558. The van der Waals surface area contributed by atoms with Gasteiger partial charge in [0.25, 0.3) is 0 Å². The Labute approximate surface area is 99.8 Å². The molecule has 1 aliphatic carbocycles. The monoisotopic (exact) mass is 229 g/mol. The van der Waals surface area contributed by atoms with Crippen molar-refractivity contribution in [1.82, 2.24) is 5.32 Å². The van der Waals surface area contributed by atoms with Crippen molar-refractivity contribution in [1.29, 1.82) is 0 Å². The third kappa shape index (κ3) is 4.36. The fourth-order valence-electron chi connectivity index (χ4n) is 2.76. The molecule has 1 saturated carbocycles. The molecule has 1 N–H and O–H groups in total. The Hall–Kier alpha value is 0.310. The van der Waals surface area contributed by atoms with Crippen LogP contribution in [0.3, 0.4) is 0 Å². The van der Waals surface area contributed by atoms with E-state index >= 15 is 0 Å². The molecule has 2 heteroatoms. The first-order valence-corrected chi connectivity index (χ1v) is 7.49. The zero-order valence-corrected chi connectivity index (χ0v) is 11.8. The Balaban J connectivity index is 2.22. The van der Waals surface area contributed by atoms with Gasteiger partial charge in [-0.1, -0.05) is 27.7 Å². The van der Waals surface area contributed by atoms with Crippen LogP contribution in [0.2, 0.25) is 0 Å². The molecule has 0 aliphatic heterocycles. The highest BCUT2D eigenvalue weighted by Gasteiger charge is 2.35. The van der Waals surface area contributed by atoms with E-state index in [4.69, 9.17) is 0 Å². The predicted molar refractivity (Wildman–Crippen MR) is 71.6 cm³/mol. The maximum atomic E-state index is 3.74. The Morgan fingerprint density at radius 2 is 2.07 bits per heavy atom.